The monoisotopic (exact) mass is 351 g/mol. The van der Waals surface area contributed by atoms with E-state index in [-0.39, 0.29) is 18.6 Å². The third-order valence-corrected chi connectivity index (χ3v) is 5.48. The highest BCUT2D eigenvalue weighted by Gasteiger charge is 2.42. The number of carbonyl (C=O) groups excluding carboxylic acids is 1. The van der Waals surface area contributed by atoms with Gasteiger partial charge in [-0.05, 0) is 62.1 Å². The summed E-state index contributed by atoms with van der Waals surface area (Å²) in [5, 5.41) is 3.12. The van der Waals surface area contributed by atoms with Gasteiger partial charge in [-0.25, -0.2) is 0 Å². The normalized spacial score (nSPS) is 28.4. The summed E-state index contributed by atoms with van der Waals surface area (Å²) in [6.45, 7) is 2.23. The Kier molecular flexibility index (Phi) is 4.53. The van der Waals surface area contributed by atoms with Crippen LogP contribution < -0.4 is 10.1 Å². The number of amides is 1. The molecule has 0 heterocycles. The van der Waals surface area contributed by atoms with Gasteiger partial charge in [0.05, 0.1) is 0 Å². The van der Waals surface area contributed by atoms with Crippen molar-refractivity contribution < 1.29 is 9.53 Å². The Labute approximate surface area is 134 Å². The van der Waals surface area contributed by atoms with E-state index >= 15 is 0 Å². The Morgan fingerprint density at radius 3 is 2.95 bits per heavy atom. The minimum absolute atomic E-state index is 0.0229. The predicted octanol–water partition coefficient (Wildman–Crippen LogP) is 3.77. The molecule has 2 aliphatic carbocycles. The van der Waals surface area contributed by atoms with Crippen molar-refractivity contribution >= 4 is 21.8 Å². The Balaban J connectivity index is 1.46. The van der Waals surface area contributed by atoms with Crippen LogP contribution in [0.5, 0.6) is 5.75 Å². The molecule has 21 heavy (non-hydrogen) atoms. The molecule has 1 aromatic rings. The lowest BCUT2D eigenvalue weighted by Gasteiger charge is -2.28. The highest BCUT2D eigenvalue weighted by atomic mass is 79.9. The second-order valence-corrected chi connectivity index (χ2v) is 7.36. The zero-order valence-corrected chi connectivity index (χ0v) is 13.9. The standard InChI is InChI=1S/C17H22BrNO2/c1-11(16-8-12-5-6-13(16)7-12)19-17(20)10-21-15-4-2-3-14(18)9-15/h2-4,9,11-13,16H,5-8,10H2,1H3,(H,19,20)/t11-,12-,13-,16+/m1/s1. The molecule has 1 amide bonds. The van der Waals surface area contributed by atoms with Crippen LogP contribution in [0.25, 0.3) is 0 Å². The Hall–Kier alpha value is -1.03. The van der Waals surface area contributed by atoms with Crippen molar-refractivity contribution in [2.75, 3.05) is 6.61 Å². The van der Waals surface area contributed by atoms with E-state index in [4.69, 9.17) is 4.74 Å². The molecule has 4 atom stereocenters. The van der Waals surface area contributed by atoms with Crippen LogP contribution in [0.4, 0.5) is 0 Å². The summed E-state index contributed by atoms with van der Waals surface area (Å²) >= 11 is 3.39. The van der Waals surface area contributed by atoms with Crippen molar-refractivity contribution in [1.29, 1.82) is 0 Å². The van der Waals surface area contributed by atoms with Crippen LogP contribution in [0.3, 0.4) is 0 Å². The average Bonchev–Trinajstić information content (AvgIpc) is 3.08. The van der Waals surface area contributed by atoms with Crippen molar-refractivity contribution in [2.24, 2.45) is 17.8 Å². The lowest BCUT2D eigenvalue weighted by Crippen LogP contribution is -2.42. The van der Waals surface area contributed by atoms with Crippen LogP contribution in [0.15, 0.2) is 28.7 Å². The van der Waals surface area contributed by atoms with Crippen LogP contribution in [0.2, 0.25) is 0 Å². The zero-order chi connectivity index (χ0) is 14.8. The molecule has 3 nitrogen and oxygen atoms in total. The summed E-state index contributed by atoms with van der Waals surface area (Å²) in [7, 11) is 0. The first-order valence-corrected chi connectivity index (χ1v) is 8.59. The van der Waals surface area contributed by atoms with E-state index in [1.54, 1.807) is 0 Å². The van der Waals surface area contributed by atoms with E-state index in [0.29, 0.717) is 11.7 Å². The van der Waals surface area contributed by atoms with Crippen molar-refractivity contribution in [1.82, 2.24) is 5.32 Å². The quantitative estimate of drug-likeness (QED) is 0.876. The number of hydrogen-bond acceptors (Lipinski definition) is 2. The molecule has 0 radical (unpaired) electrons. The smallest absolute Gasteiger partial charge is 0.258 e. The maximum atomic E-state index is 12.0. The fourth-order valence-electron chi connectivity index (χ4n) is 4.01. The van der Waals surface area contributed by atoms with Gasteiger partial charge in [0, 0.05) is 10.5 Å². The number of nitrogens with one attached hydrogen (secondary N) is 1. The lowest BCUT2D eigenvalue weighted by molar-refractivity contribution is -0.124. The van der Waals surface area contributed by atoms with Crippen LogP contribution >= 0.6 is 15.9 Å². The van der Waals surface area contributed by atoms with Gasteiger partial charge in [-0.15, -0.1) is 0 Å². The van der Waals surface area contributed by atoms with E-state index in [2.05, 4.69) is 28.2 Å². The largest absolute Gasteiger partial charge is 0.484 e. The van der Waals surface area contributed by atoms with Crippen LogP contribution in [0, 0.1) is 17.8 Å². The lowest BCUT2D eigenvalue weighted by atomic mass is 9.84. The molecule has 0 aliphatic heterocycles. The number of carbonyl (C=O) groups is 1. The fourth-order valence-corrected chi connectivity index (χ4v) is 4.39. The fraction of sp³-hybridized carbons (Fsp3) is 0.588. The highest BCUT2D eigenvalue weighted by molar-refractivity contribution is 9.10. The zero-order valence-electron chi connectivity index (χ0n) is 12.3. The van der Waals surface area contributed by atoms with Gasteiger partial charge in [0.1, 0.15) is 5.75 Å². The highest BCUT2D eigenvalue weighted by Crippen LogP contribution is 2.49. The van der Waals surface area contributed by atoms with Crippen molar-refractivity contribution in [3.63, 3.8) is 0 Å². The first kappa shape index (κ1) is 14.9. The van der Waals surface area contributed by atoms with Gasteiger partial charge >= 0.3 is 0 Å². The van der Waals surface area contributed by atoms with E-state index < -0.39 is 0 Å². The molecule has 2 saturated carbocycles. The minimum Gasteiger partial charge on any atom is -0.484 e. The number of benzene rings is 1. The van der Waals surface area contributed by atoms with E-state index in [1.807, 2.05) is 24.3 Å². The second-order valence-electron chi connectivity index (χ2n) is 6.44. The van der Waals surface area contributed by atoms with Crippen molar-refractivity contribution in [3.05, 3.63) is 28.7 Å². The van der Waals surface area contributed by atoms with Gasteiger partial charge in [-0.2, -0.15) is 0 Å². The molecule has 0 spiro atoms. The molecule has 1 aromatic carbocycles. The van der Waals surface area contributed by atoms with Crippen molar-refractivity contribution in [3.8, 4) is 5.75 Å². The Morgan fingerprint density at radius 1 is 1.43 bits per heavy atom. The number of halogens is 1. The molecule has 2 bridgehead atoms. The van der Waals surface area contributed by atoms with E-state index in [1.165, 1.54) is 25.7 Å². The third kappa shape index (κ3) is 3.60. The molecule has 114 valence electrons. The van der Waals surface area contributed by atoms with E-state index in [0.717, 1.165) is 16.3 Å². The molecule has 2 aliphatic rings. The molecule has 1 N–H and O–H groups in total. The van der Waals surface area contributed by atoms with Crippen LogP contribution in [0.1, 0.15) is 32.6 Å². The number of hydrogen-bond donors (Lipinski definition) is 1. The number of ether oxygens (including phenoxy) is 1. The second kappa shape index (κ2) is 6.39. The Morgan fingerprint density at radius 2 is 2.29 bits per heavy atom. The molecule has 4 heteroatoms. The maximum Gasteiger partial charge on any atom is 0.258 e. The van der Waals surface area contributed by atoms with Gasteiger partial charge < -0.3 is 10.1 Å². The van der Waals surface area contributed by atoms with Gasteiger partial charge in [-0.1, -0.05) is 28.4 Å². The average molecular weight is 352 g/mol. The first-order valence-electron chi connectivity index (χ1n) is 7.79. The molecule has 0 saturated heterocycles. The van der Waals surface area contributed by atoms with Gasteiger partial charge in [0.2, 0.25) is 0 Å². The summed E-state index contributed by atoms with van der Waals surface area (Å²) in [6.07, 6.45) is 5.41. The summed E-state index contributed by atoms with van der Waals surface area (Å²) in [6, 6.07) is 7.82. The summed E-state index contributed by atoms with van der Waals surface area (Å²) in [4.78, 5) is 12.0. The summed E-state index contributed by atoms with van der Waals surface area (Å²) in [5.74, 6) is 3.10. The predicted molar refractivity (Wildman–Crippen MR) is 86.2 cm³/mol. The molecule has 2 fully saturated rings. The number of rotatable bonds is 5. The number of fused-ring (bicyclic) bond motifs is 2. The van der Waals surface area contributed by atoms with Crippen molar-refractivity contribution in [2.45, 2.75) is 38.6 Å². The van der Waals surface area contributed by atoms with Crippen LogP contribution in [-0.4, -0.2) is 18.6 Å². The van der Waals surface area contributed by atoms with E-state index in [9.17, 15) is 4.79 Å². The van der Waals surface area contributed by atoms with Gasteiger partial charge in [0.25, 0.3) is 5.91 Å². The topological polar surface area (TPSA) is 38.3 Å². The van der Waals surface area contributed by atoms with Gasteiger partial charge in [0.15, 0.2) is 6.61 Å². The summed E-state index contributed by atoms with van der Waals surface area (Å²) < 4.78 is 6.49. The first-order chi connectivity index (χ1) is 10.1. The van der Waals surface area contributed by atoms with Gasteiger partial charge in [-0.3, -0.25) is 4.79 Å². The minimum atomic E-state index is -0.0229. The molecular weight excluding hydrogens is 330 g/mol. The maximum absolute atomic E-state index is 12.0. The molecule has 3 rings (SSSR count). The molecule has 0 unspecified atom stereocenters. The molecular formula is C17H22BrNO2. The summed E-state index contributed by atoms with van der Waals surface area (Å²) in [5.41, 5.74) is 0. The van der Waals surface area contributed by atoms with Crippen LogP contribution in [-0.2, 0) is 4.79 Å². The SMILES string of the molecule is C[C@@H](NC(=O)COc1cccc(Br)c1)[C@@H]1C[C@@H]2CC[C@@H]1C2. The third-order valence-electron chi connectivity index (χ3n) is 4.99. The molecule has 0 aromatic heterocycles. The Bertz CT molecular complexity index is 519.